The average molecular weight is 310 g/mol. The third-order valence-electron chi connectivity index (χ3n) is 3.37. The molecule has 0 radical (unpaired) electrons. The minimum atomic E-state index is 0.297. The maximum atomic E-state index is 5.90. The molecule has 0 saturated carbocycles. The molecular weight excluding hydrogens is 288 g/mol. The summed E-state index contributed by atoms with van der Waals surface area (Å²) >= 11 is 6.98. The summed E-state index contributed by atoms with van der Waals surface area (Å²) in [6, 6.07) is 6.16. The highest BCUT2D eigenvalue weighted by atomic mass is 32.2. The van der Waals surface area contributed by atoms with E-state index in [-0.39, 0.29) is 0 Å². The Hall–Kier alpha value is -0.780. The highest BCUT2D eigenvalue weighted by molar-refractivity contribution is 7.99. The van der Waals surface area contributed by atoms with Crippen LogP contribution in [0.2, 0.25) is 0 Å². The molecule has 1 aromatic carbocycles. The molecule has 3 N–H and O–H groups in total. The van der Waals surface area contributed by atoms with Gasteiger partial charge in [-0.05, 0) is 37.1 Å². The fraction of sp³-hybridized carbons (Fsp3) is 0.533. The van der Waals surface area contributed by atoms with E-state index in [9.17, 15) is 0 Å². The Bertz CT molecular complexity index is 459. The van der Waals surface area contributed by atoms with Crippen molar-refractivity contribution in [2.75, 3.05) is 24.2 Å². The highest BCUT2D eigenvalue weighted by Gasteiger charge is 2.16. The van der Waals surface area contributed by atoms with E-state index in [1.165, 1.54) is 12.8 Å². The maximum absolute atomic E-state index is 5.90. The normalized spacial score (nSPS) is 18.8. The molecular formula is C15H22N2OS2. The Labute approximate surface area is 130 Å². The monoisotopic (exact) mass is 310 g/mol. The largest absolute Gasteiger partial charge is 0.389 e. The van der Waals surface area contributed by atoms with Gasteiger partial charge in [-0.25, -0.2) is 0 Å². The SMILES string of the molecule is CCSc1cccc(NCC2CCCCO2)c1C(N)=S. The predicted molar refractivity (Wildman–Crippen MR) is 90.8 cm³/mol. The van der Waals surface area contributed by atoms with Gasteiger partial charge in [0.1, 0.15) is 4.99 Å². The maximum Gasteiger partial charge on any atom is 0.107 e. The molecule has 0 spiro atoms. The first kappa shape index (κ1) is 15.6. The zero-order chi connectivity index (χ0) is 14.4. The number of nitrogens with two attached hydrogens (primary N) is 1. The first-order valence-corrected chi connectivity index (χ1v) is 8.52. The van der Waals surface area contributed by atoms with Crippen molar-refractivity contribution in [2.45, 2.75) is 37.2 Å². The molecule has 1 unspecified atom stereocenters. The van der Waals surface area contributed by atoms with Crippen molar-refractivity contribution >= 4 is 34.7 Å². The molecule has 1 heterocycles. The molecule has 0 bridgehead atoms. The molecule has 5 heteroatoms. The first-order valence-electron chi connectivity index (χ1n) is 7.13. The van der Waals surface area contributed by atoms with E-state index in [2.05, 4.69) is 18.3 Å². The minimum absolute atomic E-state index is 0.297. The van der Waals surface area contributed by atoms with E-state index in [0.29, 0.717) is 11.1 Å². The van der Waals surface area contributed by atoms with Crippen molar-refractivity contribution in [3.8, 4) is 0 Å². The quantitative estimate of drug-likeness (QED) is 0.623. The van der Waals surface area contributed by atoms with E-state index in [0.717, 1.165) is 41.5 Å². The van der Waals surface area contributed by atoms with Crippen LogP contribution in [0.15, 0.2) is 23.1 Å². The second-order valence-electron chi connectivity index (χ2n) is 4.85. The number of rotatable bonds is 6. The zero-order valence-electron chi connectivity index (χ0n) is 11.9. The number of ether oxygens (including phenoxy) is 1. The van der Waals surface area contributed by atoms with E-state index >= 15 is 0 Å². The fourth-order valence-electron chi connectivity index (χ4n) is 2.40. The predicted octanol–water partition coefficient (Wildman–Crippen LogP) is 3.41. The highest BCUT2D eigenvalue weighted by Crippen LogP contribution is 2.28. The van der Waals surface area contributed by atoms with Crippen molar-refractivity contribution in [3.63, 3.8) is 0 Å². The standard InChI is InChI=1S/C15H22N2OS2/c1-2-20-13-8-5-7-12(14(13)15(16)19)17-10-11-6-3-4-9-18-11/h5,7-8,11,17H,2-4,6,9-10H2,1H3,(H2,16,19). The van der Waals surface area contributed by atoms with Gasteiger partial charge in [0.05, 0.1) is 6.10 Å². The van der Waals surface area contributed by atoms with Crippen LogP contribution in [0.1, 0.15) is 31.7 Å². The smallest absolute Gasteiger partial charge is 0.107 e. The first-order chi connectivity index (χ1) is 9.72. The number of benzene rings is 1. The van der Waals surface area contributed by atoms with E-state index in [1.54, 1.807) is 11.8 Å². The average Bonchev–Trinajstić information content (AvgIpc) is 2.46. The fourth-order valence-corrected chi connectivity index (χ4v) is 3.54. The Morgan fingerprint density at radius 1 is 1.50 bits per heavy atom. The molecule has 0 aliphatic carbocycles. The topological polar surface area (TPSA) is 47.3 Å². The molecule has 110 valence electrons. The molecule has 3 nitrogen and oxygen atoms in total. The van der Waals surface area contributed by atoms with Crippen LogP contribution in [-0.2, 0) is 4.74 Å². The Kier molecular flexibility index (Phi) is 6.13. The Balaban J connectivity index is 2.09. The molecule has 1 fully saturated rings. The molecule has 0 aromatic heterocycles. The molecule has 2 rings (SSSR count). The Morgan fingerprint density at radius 3 is 3.00 bits per heavy atom. The van der Waals surface area contributed by atoms with Gasteiger partial charge < -0.3 is 15.8 Å². The van der Waals surface area contributed by atoms with Crippen LogP contribution < -0.4 is 11.1 Å². The van der Waals surface area contributed by atoms with Crippen LogP contribution in [0.3, 0.4) is 0 Å². The van der Waals surface area contributed by atoms with E-state index in [1.807, 2.05) is 12.1 Å². The summed E-state index contributed by atoms with van der Waals surface area (Å²) in [4.78, 5) is 1.60. The van der Waals surface area contributed by atoms with E-state index in [4.69, 9.17) is 22.7 Å². The summed E-state index contributed by atoms with van der Waals surface area (Å²) in [5.41, 5.74) is 7.88. The molecule has 1 aromatic rings. The summed E-state index contributed by atoms with van der Waals surface area (Å²) < 4.78 is 5.75. The van der Waals surface area contributed by atoms with E-state index < -0.39 is 0 Å². The summed E-state index contributed by atoms with van der Waals surface area (Å²) in [5, 5.41) is 3.46. The lowest BCUT2D eigenvalue weighted by Gasteiger charge is -2.24. The molecule has 1 aliphatic heterocycles. The summed E-state index contributed by atoms with van der Waals surface area (Å²) in [6.45, 7) is 3.82. The van der Waals surface area contributed by atoms with Gasteiger partial charge in [0.15, 0.2) is 0 Å². The van der Waals surface area contributed by atoms with Crippen molar-refractivity contribution < 1.29 is 4.74 Å². The van der Waals surface area contributed by atoms with Gasteiger partial charge in [-0.2, -0.15) is 0 Å². The van der Waals surface area contributed by atoms with Crippen LogP contribution in [0.25, 0.3) is 0 Å². The second kappa shape index (κ2) is 7.86. The van der Waals surface area contributed by atoms with Crippen LogP contribution in [0.4, 0.5) is 5.69 Å². The van der Waals surface area contributed by atoms with Crippen molar-refractivity contribution in [3.05, 3.63) is 23.8 Å². The molecule has 1 saturated heterocycles. The van der Waals surface area contributed by atoms with Crippen molar-refractivity contribution in [1.29, 1.82) is 0 Å². The third-order valence-corrected chi connectivity index (χ3v) is 4.51. The number of nitrogens with one attached hydrogen (secondary N) is 1. The number of thioether (sulfide) groups is 1. The zero-order valence-corrected chi connectivity index (χ0v) is 13.5. The summed E-state index contributed by atoms with van der Waals surface area (Å²) in [6.07, 6.45) is 3.85. The van der Waals surface area contributed by atoms with Crippen LogP contribution in [-0.4, -0.2) is 30.0 Å². The van der Waals surface area contributed by atoms with Crippen LogP contribution in [0, 0.1) is 0 Å². The Morgan fingerprint density at radius 2 is 2.35 bits per heavy atom. The van der Waals surface area contributed by atoms with Gasteiger partial charge in [0.2, 0.25) is 0 Å². The molecule has 20 heavy (non-hydrogen) atoms. The van der Waals surface area contributed by atoms with Gasteiger partial charge in [-0.1, -0.05) is 25.2 Å². The number of anilines is 1. The van der Waals surface area contributed by atoms with Crippen molar-refractivity contribution in [2.24, 2.45) is 5.73 Å². The lowest BCUT2D eigenvalue weighted by atomic mass is 10.1. The lowest BCUT2D eigenvalue weighted by molar-refractivity contribution is 0.0247. The van der Waals surface area contributed by atoms with Gasteiger partial charge in [0, 0.05) is 29.3 Å². The second-order valence-corrected chi connectivity index (χ2v) is 6.59. The minimum Gasteiger partial charge on any atom is -0.389 e. The molecule has 1 aliphatic rings. The summed E-state index contributed by atoms with van der Waals surface area (Å²) in [5.74, 6) is 1.00. The van der Waals surface area contributed by atoms with Crippen molar-refractivity contribution in [1.82, 2.24) is 0 Å². The number of hydrogen-bond donors (Lipinski definition) is 2. The third kappa shape index (κ3) is 4.11. The van der Waals surface area contributed by atoms with Crippen LogP contribution in [0.5, 0.6) is 0 Å². The van der Waals surface area contributed by atoms with Gasteiger partial charge in [-0.15, -0.1) is 11.8 Å². The van der Waals surface area contributed by atoms with Gasteiger partial charge in [-0.3, -0.25) is 0 Å². The van der Waals surface area contributed by atoms with Crippen LogP contribution >= 0.6 is 24.0 Å². The molecule has 1 atom stereocenters. The van der Waals surface area contributed by atoms with Gasteiger partial charge in [0.25, 0.3) is 0 Å². The number of thiocarbonyl (C=S) groups is 1. The van der Waals surface area contributed by atoms with Gasteiger partial charge >= 0.3 is 0 Å². The molecule has 0 amide bonds. The lowest BCUT2D eigenvalue weighted by Crippen LogP contribution is -2.27. The number of hydrogen-bond acceptors (Lipinski definition) is 4. The summed E-state index contributed by atoms with van der Waals surface area (Å²) in [7, 11) is 0.